The summed E-state index contributed by atoms with van der Waals surface area (Å²) >= 11 is 7.56. The Labute approximate surface area is 214 Å². The van der Waals surface area contributed by atoms with Crippen LogP contribution in [0, 0.1) is 11.3 Å². The number of aliphatic hydroxyl groups is 1. The van der Waals surface area contributed by atoms with E-state index in [2.05, 4.69) is 30.2 Å². The highest BCUT2D eigenvalue weighted by Gasteiger charge is 2.21. The third-order valence-corrected chi connectivity index (χ3v) is 6.40. The van der Waals surface area contributed by atoms with E-state index < -0.39 is 12.1 Å². The minimum Gasteiger partial charge on any atom is -0.489 e. The van der Waals surface area contributed by atoms with Gasteiger partial charge in [-0.3, -0.25) is 4.98 Å². The minimum absolute atomic E-state index is 0.0149. The summed E-state index contributed by atoms with van der Waals surface area (Å²) in [7, 11) is 0. The second-order valence-electron chi connectivity index (χ2n) is 8.55. The zero-order valence-corrected chi connectivity index (χ0v) is 21.4. The van der Waals surface area contributed by atoms with Crippen LogP contribution in [0.3, 0.4) is 0 Å². The first-order valence-corrected chi connectivity index (χ1v) is 12.4. The van der Waals surface area contributed by atoms with Crippen LogP contribution in [0.15, 0.2) is 48.7 Å². The fourth-order valence-corrected chi connectivity index (χ4v) is 4.79. The van der Waals surface area contributed by atoms with E-state index in [0.29, 0.717) is 34.7 Å². The topological polar surface area (TPSA) is 104 Å². The Bertz CT molecular complexity index is 1210. The summed E-state index contributed by atoms with van der Waals surface area (Å²) in [6.07, 6.45) is 1.55. The van der Waals surface area contributed by atoms with Gasteiger partial charge in [-0.15, -0.1) is 11.3 Å². The van der Waals surface area contributed by atoms with Gasteiger partial charge in [-0.25, -0.2) is 4.79 Å². The van der Waals surface area contributed by atoms with Crippen LogP contribution < -0.4 is 10.1 Å². The lowest BCUT2D eigenvalue weighted by atomic mass is 9.99. The van der Waals surface area contributed by atoms with Gasteiger partial charge in [-0.2, -0.15) is 5.26 Å². The monoisotopic (exact) mass is 513 g/mol. The Balaban J connectivity index is 1.67. The van der Waals surface area contributed by atoms with Gasteiger partial charge in [0, 0.05) is 28.7 Å². The molecule has 0 fully saturated rings. The van der Waals surface area contributed by atoms with Gasteiger partial charge in [0.05, 0.1) is 27.8 Å². The van der Waals surface area contributed by atoms with Gasteiger partial charge in [-0.05, 0) is 63.6 Å². The molecule has 184 valence electrons. The number of esters is 1. The highest BCUT2D eigenvalue weighted by molar-refractivity contribution is 7.16. The molecular weight excluding hydrogens is 486 g/mol. The maximum absolute atomic E-state index is 12.3. The first kappa shape index (κ1) is 26.6. The van der Waals surface area contributed by atoms with Gasteiger partial charge in [0.25, 0.3) is 0 Å². The van der Waals surface area contributed by atoms with Crippen molar-refractivity contribution < 1.29 is 19.4 Å². The summed E-state index contributed by atoms with van der Waals surface area (Å²) in [5.41, 5.74) is 1.42. The predicted octanol–water partition coefficient (Wildman–Crippen LogP) is 4.86. The van der Waals surface area contributed by atoms with Gasteiger partial charge >= 0.3 is 5.97 Å². The van der Waals surface area contributed by atoms with Crippen molar-refractivity contribution in [2.24, 2.45) is 0 Å². The summed E-state index contributed by atoms with van der Waals surface area (Å²) in [5, 5.41) is 23.4. The fourth-order valence-electron chi connectivity index (χ4n) is 3.47. The standard InChI is InChI=1S/C26H28ClN3O4S/c1-4-33-25(32)21-6-5-11-29-24(21)17-7-8-18(14-28)22(12-17)34-16-19(31)15-30-26(2,3)13-20-9-10-23(27)35-20/h5-12,19,30-31H,4,13,15-16H2,1-3H3/t19-/m1/s1. The smallest absolute Gasteiger partial charge is 0.340 e. The van der Waals surface area contributed by atoms with E-state index in [4.69, 9.17) is 21.1 Å². The van der Waals surface area contributed by atoms with E-state index in [1.165, 1.54) is 11.3 Å². The molecule has 0 saturated heterocycles. The van der Waals surface area contributed by atoms with Crippen molar-refractivity contribution >= 4 is 28.9 Å². The molecule has 0 radical (unpaired) electrons. The maximum atomic E-state index is 12.3. The molecule has 0 spiro atoms. The van der Waals surface area contributed by atoms with Crippen LogP contribution >= 0.6 is 22.9 Å². The molecule has 2 N–H and O–H groups in total. The van der Waals surface area contributed by atoms with Crippen molar-refractivity contribution in [1.82, 2.24) is 10.3 Å². The number of aliphatic hydroxyl groups excluding tert-OH is 1. The van der Waals surface area contributed by atoms with E-state index in [-0.39, 0.29) is 18.8 Å². The number of β-amino-alcohol motifs (C(OH)–C–C–N with tert-alkyl or cyclic N) is 1. The Hall–Kier alpha value is -2.96. The lowest BCUT2D eigenvalue weighted by Crippen LogP contribution is -2.46. The van der Waals surface area contributed by atoms with E-state index >= 15 is 0 Å². The lowest BCUT2D eigenvalue weighted by Gasteiger charge is -2.27. The number of hydrogen-bond donors (Lipinski definition) is 2. The molecule has 0 saturated carbocycles. The number of nitrogens with one attached hydrogen (secondary N) is 1. The molecule has 0 amide bonds. The maximum Gasteiger partial charge on any atom is 0.340 e. The van der Waals surface area contributed by atoms with Crippen molar-refractivity contribution in [3.63, 3.8) is 0 Å². The van der Waals surface area contributed by atoms with Gasteiger partial charge in [0.1, 0.15) is 24.5 Å². The van der Waals surface area contributed by atoms with Crippen LogP contribution in [0.4, 0.5) is 0 Å². The molecule has 0 unspecified atom stereocenters. The van der Waals surface area contributed by atoms with Crippen LogP contribution in [0.2, 0.25) is 4.34 Å². The summed E-state index contributed by atoms with van der Waals surface area (Å²) in [6.45, 7) is 6.39. The normalized spacial score (nSPS) is 12.1. The number of benzene rings is 1. The molecule has 35 heavy (non-hydrogen) atoms. The molecule has 0 aliphatic carbocycles. The molecule has 1 aromatic carbocycles. The SMILES string of the molecule is CCOC(=O)c1cccnc1-c1ccc(C#N)c(OC[C@H](O)CNC(C)(C)Cc2ccc(Cl)s2)c1. The van der Waals surface area contributed by atoms with E-state index in [1.54, 1.807) is 43.5 Å². The number of thiophene rings is 1. The molecular formula is C26H28ClN3O4S. The number of pyridine rings is 1. The van der Waals surface area contributed by atoms with E-state index in [9.17, 15) is 15.2 Å². The Morgan fingerprint density at radius 3 is 2.80 bits per heavy atom. The Kier molecular flexibility index (Phi) is 9.24. The van der Waals surface area contributed by atoms with Crippen molar-refractivity contribution in [1.29, 1.82) is 5.26 Å². The highest BCUT2D eigenvalue weighted by Crippen LogP contribution is 2.29. The number of nitriles is 1. The summed E-state index contributed by atoms with van der Waals surface area (Å²) in [6, 6.07) is 14.2. The summed E-state index contributed by atoms with van der Waals surface area (Å²) in [4.78, 5) is 17.8. The third-order valence-electron chi connectivity index (χ3n) is 5.17. The van der Waals surface area contributed by atoms with Gasteiger partial charge in [0.15, 0.2) is 0 Å². The molecule has 7 nitrogen and oxygen atoms in total. The number of ether oxygens (including phenoxy) is 2. The molecule has 0 aliphatic rings. The van der Waals surface area contributed by atoms with E-state index in [1.807, 2.05) is 12.1 Å². The van der Waals surface area contributed by atoms with Crippen LogP contribution in [-0.2, 0) is 11.2 Å². The zero-order chi connectivity index (χ0) is 25.4. The molecule has 0 bridgehead atoms. The lowest BCUT2D eigenvalue weighted by molar-refractivity contribution is 0.0527. The largest absolute Gasteiger partial charge is 0.489 e. The first-order chi connectivity index (χ1) is 16.7. The summed E-state index contributed by atoms with van der Waals surface area (Å²) < 4.78 is 11.7. The van der Waals surface area contributed by atoms with Crippen LogP contribution in [0.5, 0.6) is 5.75 Å². The second-order valence-corrected chi connectivity index (χ2v) is 10.4. The van der Waals surface area contributed by atoms with Gasteiger partial charge < -0.3 is 19.9 Å². The number of rotatable bonds is 11. The molecule has 9 heteroatoms. The average molecular weight is 514 g/mol. The number of carbonyl (C=O) groups excluding carboxylic acids is 1. The molecule has 3 rings (SSSR count). The van der Waals surface area contributed by atoms with Crippen molar-refractivity contribution in [3.05, 3.63) is 69.0 Å². The molecule has 1 atom stereocenters. The van der Waals surface area contributed by atoms with E-state index in [0.717, 1.165) is 15.6 Å². The first-order valence-electron chi connectivity index (χ1n) is 11.2. The average Bonchev–Trinajstić information content (AvgIpc) is 3.25. The number of aromatic nitrogens is 1. The Morgan fingerprint density at radius 2 is 2.11 bits per heavy atom. The third kappa shape index (κ3) is 7.51. The number of halogens is 1. The van der Waals surface area contributed by atoms with Crippen LogP contribution in [0.25, 0.3) is 11.3 Å². The fraction of sp³-hybridized carbons (Fsp3) is 0.346. The molecule has 3 aromatic rings. The molecule has 2 aromatic heterocycles. The molecule has 2 heterocycles. The predicted molar refractivity (Wildman–Crippen MR) is 137 cm³/mol. The zero-order valence-electron chi connectivity index (χ0n) is 19.9. The molecule has 0 aliphatic heterocycles. The van der Waals surface area contributed by atoms with Gasteiger partial charge in [-0.1, -0.05) is 17.7 Å². The minimum atomic E-state index is -0.804. The number of hydrogen-bond acceptors (Lipinski definition) is 8. The Morgan fingerprint density at radius 1 is 1.31 bits per heavy atom. The van der Waals surface area contributed by atoms with Crippen molar-refractivity contribution in [3.8, 4) is 23.1 Å². The quantitative estimate of drug-likeness (QED) is 0.353. The van der Waals surface area contributed by atoms with Crippen LogP contribution in [-0.4, -0.2) is 47.5 Å². The van der Waals surface area contributed by atoms with Gasteiger partial charge in [0.2, 0.25) is 0 Å². The second kappa shape index (κ2) is 12.1. The van der Waals surface area contributed by atoms with Crippen molar-refractivity contribution in [2.45, 2.75) is 38.8 Å². The number of nitrogens with zero attached hydrogens (tertiary/aromatic N) is 2. The van der Waals surface area contributed by atoms with Crippen LogP contribution in [0.1, 0.15) is 41.6 Å². The van der Waals surface area contributed by atoms with Crippen molar-refractivity contribution in [2.75, 3.05) is 19.8 Å². The summed E-state index contributed by atoms with van der Waals surface area (Å²) in [5.74, 6) is -0.173. The number of carbonyl (C=O) groups is 1. The highest BCUT2D eigenvalue weighted by atomic mass is 35.5.